The van der Waals surface area contributed by atoms with Gasteiger partial charge in [-0.2, -0.15) is 0 Å². The summed E-state index contributed by atoms with van der Waals surface area (Å²) in [5, 5.41) is 3.28. The molecular weight excluding hydrogens is 188 g/mol. The third-order valence-corrected chi connectivity index (χ3v) is 1.97. The first-order valence-corrected chi connectivity index (χ1v) is 4.52. The molecule has 0 aliphatic carbocycles. The van der Waals surface area contributed by atoms with Crippen LogP contribution in [0, 0.1) is 0 Å². The summed E-state index contributed by atoms with van der Waals surface area (Å²) in [6, 6.07) is 17.7. The largest absolute Gasteiger partial charge is 0.412 e. The number of nitrogen functional groups attached to an aromatic ring is 1. The van der Waals surface area contributed by atoms with Crippen molar-refractivity contribution in [2.45, 2.75) is 0 Å². The number of nitrogens with one attached hydrogen (secondary N) is 1. The minimum Gasteiger partial charge on any atom is -0.412 e. The Morgan fingerprint density at radius 2 is 1.27 bits per heavy atom. The fraction of sp³-hybridized carbons (Fsp3) is 0. The van der Waals surface area contributed by atoms with Crippen LogP contribution in [-0.2, 0) is 0 Å². The molecule has 0 radical (unpaired) electrons. The van der Waals surface area contributed by atoms with Crippen molar-refractivity contribution in [2.75, 3.05) is 11.1 Å². The zero-order valence-corrected chi connectivity index (χ0v) is 8.27. The number of rotatable bonds is 2. The molecule has 2 rings (SSSR count). The van der Waals surface area contributed by atoms with Crippen molar-refractivity contribution in [2.24, 2.45) is 0 Å². The van der Waals surface area contributed by atoms with Crippen molar-refractivity contribution in [1.82, 2.24) is 0 Å². The Hall–Kier alpha value is -2.00. The lowest BCUT2D eigenvalue weighted by Crippen LogP contribution is -1.90. The smallest absolute Gasteiger partial charge is 0.0385 e. The van der Waals surface area contributed by atoms with E-state index in [-0.39, 0.29) is 5.48 Å². The third kappa shape index (κ3) is 3.00. The van der Waals surface area contributed by atoms with E-state index in [0.717, 1.165) is 17.1 Å². The summed E-state index contributed by atoms with van der Waals surface area (Å²) in [5.41, 5.74) is 8.50. The highest BCUT2D eigenvalue weighted by molar-refractivity contribution is 5.61. The van der Waals surface area contributed by atoms with Gasteiger partial charge < -0.3 is 16.5 Å². The van der Waals surface area contributed by atoms with Crippen molar-refractivity contribution >= 4 is 17.1 Å². The quantitative estimate of drug-likeness (QED) is 0.733. The average molecular weight is 202 g/mol. The Balaban J connectivity index is 0.00000112. The molecule has 15 heavy (non-hydrogen) atoms. The number of anilines is 3. The summed E-state index contributed by atoms with van der Waals surface area (Å²) in [5.74, 6) is 0. The fourth-order valence-corrected chi connectivity index (χ4v) is 1.25. The summed E-state index contributed by atoms with van der Waals surface area (Å²) >= 11 is 0. The van der Waals surface area contributed by atoms with E-state index in [9.17, 15) is 0 Å². The molecule has 3 nitrogen and oxygen atoms in total. The van der Waals surface area contributed by atoms with Crippen LogP contribution in [0.4, 0.5) is 17.1 Å². The molecule has 3 heteroatoms. The van der Waals surface area contributed by atoms with Crippen molar-refractivity contribution in [3.05, 3.63) is 54.6 Å². The lowest BCUT2D eigenvalue weighted by Gasteiger charge is -2.05. The minimum absolute atomic E-state index is 0. The molecule has 0 bridgehead atoms. The maximum absolute atomic E-state index is 5.59. The highest BCUT2D eigenvalue weighted by Crippen LogP contribution is 2.16. The SMILES string of the molecule is Nc1ccc(Nc2ccccc2)cc1.O. The zero-order chi connectivity index (χ0) is 9.80. The van der Waals surface area contributed by atoms with E-state index in [1.807, 2.05) is 54.6 Å². The molecule has 0 heterocycles. The van der Waals surface area contributed by atoms with E-state index in [1.165, 1.54) is 0 Å². The maximum Gasteiger partial charge on any atom is 0.0385 e. The standard InChI is InChI=1S/C12H12N2.H2O/c13-10-6-8-12(9-7-10)14-11-4-2-1-3-5-11;/h1-9,14H,13H2;1H2. The molecule has 2 aromatic carbocycles. The first kappa shape index (κ1) is 11.1. The van der Waals surface area contributed by atoms with Gasteiger partial charge in [-0.05, 0) is 36.4 Å². The molecule has 0 atom stereocenters. The fourth-order valence-electron chi connectivity index (χ4n) is 1.25. The molecule has 0 aliphatic heterocycles. The van der Waals surface area contributed by atoms with Crippen molar-refractivity contribution < 1.29 is 5.48 Å². The van der Waals surface area contributed by atoms with Crippen LogP contribution >= 0.6 is 0 Å². The topological polar surface area (TPSA) is 69.5 Å². The second-order valence-corrected chi connectivity index (χ2v) is 3.11. The van der Waals surface area contributed by atoms with Gasteiger partial charge in [-0.1, -0.05) is 18.2 Å². The Bertz CT molecular complexity index is 398. The second-order valence-electron chi connectivity index (χ2n) is 3.11. The predicted octanol–water partition coefficient (Wildman–Crippen LogP) is 2.19. The summed E-state index contributed by atoms with van der Waals surface area (Å²) < 4.78 is 0. The zero-order valence-electron chi connectivity index (χ0n) is 8.27. The summed E-state index contributed by atoms with van der Waals surface area (Å²) in [6.45, 7) is 0. The van der Waals surface area contributed by atoms with Crippen LogP contribution in [0.15, 0.2) is 54.6 Å². The monoisotopic (exact) mass is 202 g/mol. The van der Waals surface area contributed by atoms with E-state index in [4.69, 9.17) is 5.73 Å². The van der Waals surface area contributed by atoms with Crippen LogP contribution in [0.3, 0.4) is 0 Å². The molecule has 0 fully saturated rings. The molecule has 0 spiro atoms. The molecule has 0 aliphatic rings. The number of hydrogen-bond acceptors (Lipinski definition) is 2. The summed E-state index contributed by atoms with van der Waals surface area (Å²) in [4.78, 5) is 0. The van der Waals surface area contributed by atoms with E-state index >= 15 is 0 Å². The average Bonchev–Trinajstić information content (AvgIpc) is 2.23. The first-order valence-electron chi connectivity index (χ1n) is 4.52. The van der Waals surface area contributed by atoms with Gasteiger partial charge in [-0.15, -0.1) is 0 Å². The molecule has 0 saturated carbocycles. The molecular formula is C12H14N2O. The minimum atomic E-state index is 0. The van der Waals surface area contributed by atoms with Crippen LogP contribution in [0.2, 0.25) is 0 Å². The Labute approximate surface area is 88.9 Å². The number of nitrogens with two attached hydrogens (primary N) is 1. The molecule has 0 amide bonds. The lowest BCUT2D eigenvalue weighted by molar-refractivity contribution is 0.824. The summed E-state index contributed by atoms with van der Waals surface area (Å²) in [6.07, 6.45) is 0. The number of benzene rings is 2. The first-order chi connectivity index (χ1) is 6.84. The van der Waals surface area contributed by atoms with Crippen LogP contribution in [0.25, 0.3) is 0 Å². The second kappa shape index (κ2) is 5.02. The van der Waals surface area contributed by atoms with Crippen LogP contribution < -0.4 is 11.1 Å². The van der Waals surface area contributed by atoms with E-state index in [2.05, 4.69) is 5.32 Å². The van der Waals surface area contributed by atoms with Crippen molar-refractivity contribution in [3.63, 3.8) is 0 Å². The highest BCUT2D eigenvalue weighted by Gasteiger charge is 1.92. The number of hydrogen-bond donors (Lipinski definition) is 2. The lowest BCUT2D eigenvalue weighted by atomic mass is 10.2. The van der Waals surface area contributed by atoms with Gasteiger partial charge in [0.2, 0.25) is 0 Å². The maximum atomic E-state index is 5.59. The van der Waals surface area contributed by atoms with Gasteiger partial charge in [0.25, 0.3) is 0 Å². The predicted molar refractivity (Wildman–Crippen MR) is 64.2 cm³/mol. The van der Waals surface area contributed by atoms with Gasteiger partial charge in [0.05, 0.1) is 0 Å². The normalized spacial score (nSPS) is 9.07. The molecule has 0 aromatic heterocycles. The van der Waals surface area contributed by atoms with Crippen molar-refractivity contribution in [1.29, 1.82) is 0 Å². The Kier molecular flexibility index (Phi) is 3.71. The Morgan fingerprint density at radius 3 is 1.87 bits per heavy atom. The van der Waals surface area contributed by atoms with E-state index < -0.39 is 0 Å². The van der Waals surface area contributed by atoms with E-state index in [0.29, 0.717) is 0 Å². The molecule has 78 valence electrons. The molecule has 0 saturated heterocycles. The van der Waals surface area contributed by atoms with Gasteiger partial charge in [0.15, 0.2) is 0 Å². The van der Waals surface area contributed by atoms with Gasteiger partial charge in [0.1, 0.15) is 0 Å². The van der Waals surface area contributed by atoms with Gasteiger partial charge in [0, 0.05) is 17.1 Å². The van der Waals surface area contributed by atoms with E-state index in [1.54, 1.807) is 0 Å². The molecule has 2 aromatic rings. The van der Waals surface area contributed by atoms with Gasteiger partial charge in [-0.25, -0.2) is 0 Å². The van der Waals surface area contributed by atoms with Gasteiger partial charge >= 0.3 is 0 Å². The van der Waals surface area contributed by atoms with Gasteiger partial charge in [-0.3, -0.25) is 0 Å². The Morgan fingerprint density at radius 1 is 0.733 bits per heavy atom. The highest BCUT2D eigenvalue weighted by atomic mass is 16.0. The summed E-state index contributed by atoms with van der Waals surface area (Å²) in [7, 11) is 0. The van der Waals surface area contributed by atoms with Crippen molar-refractivity contribution in [3.8, 4) is 0 Å². The van der Waals surface area contributed by atoms with Crippen LogP contribution in [0.1, 0.15) is 0 Å². The third-order valence-electron chi connectivity index (χ3n) is 1.97. The number of para-hydroxylation sites is 1. The van der Waals surface area contributed by atoms with Crippen LogP contribution in [-0.4, -0.2) is 5.48 Å². The molecule has 5 N–H and O–H groups in total. The van der Waals surface area contributed by atoms with Crippen LogP contribution in [0.5, 0.6) is 0 Å². The molecule has 0 unspecified atom stereocenters.